The van der Waals surface area contributed by atoms with Crippen LogP contribution in [0.3, 0.4) is 0 Å². The fraction of sp³-hybridized carbons (Fsp3) is 0.846. The van der Waals surface area contributed by atoms with Gasteiger partial charge in [-0.3, -0.25) is 4.79 Å². The Morgan fingerprint density at radius 1 is 1.15 bits per heavy atom. The van der Waals surface area contributed by atoms with Gasteiger partial charge in [0.25, 0.3) is 0 Å². The number of hydrogen-bond acceptors (Lipinski definition) is 4. The Bertz CT molecular complexity index is 290. The van der Waals surface area contributed by atoms with Crippen LogP contribution in [0.15, 0.2) is 0 Å². The van der Waals surface area contributed by atoms with Gasteiger partial charge < -0.3 is 24.4 Å². The van der Waals surface area contributed by atoms with E-state index in [1.165, 1.54) is 0 Å². The Labute approximate surface area is 120 Å². The highest BCUT2D eigenvalue weighted by Crippen LogP contribution is 2.08. The van der Waals surface area contributed by atoms with Crippen molar-refractivity contribution < 1.29 is 24.2 Å². The molecule has 7 nitrogen and oxygen atoms in total. The highest BCUT2D eigenvalue weighted by atomic mass is 16.5. The average Bonchev–Trinajstić information content (AvgIpc) is 2.38. The van der Waals surface area contributed by atoms with Gasteiger partial charge in [0.15, 0.2) is 0 Å². The lowest BCUT2D eigenvalue weighted by Crippen LogP contribution is -2.49. The second kappa shape index (κ2) is 10.4. The van der Waals surface area contributed by atoms with E-state index in [1.807, 2.05) is 6.92 Å². The maximum Gasteiger partial charge on any atom is 0.320 e. The fourth-order valence-electron chi connectivity index (χ4n) is 1.89. The molecule has 0 heterocycles. The number of carbonyl (C=O) groups is 2. The monoisotopic (exact) mass is 290 g/mol. The molecular weight excluding hydrogens is 264 g/mol. The maximum absolute atomic E-state index is 12.5. The standard InChI is InChI=1S/C13H26N2O5/c1-5-15(11(2)10-12(16)17)13(18)14(6-8-19-3)7-9-20-4/h11H,5-10H2,1-4H3,(H,16,17). The van der Waals surface area contributed by atoms with E-state index >= 15 is 0 Å². The molecule has 0 saturated heterocycles. The van der Waals surface area contributed by atoms with Gasteiger partial charge in [-0.1, -0.05) is 0 Å². The van der Waals surface area contributed by atoms with Crippen molar-refractivity contribution in [3.05, 3.63) is 0 Å². The first kappa shape index (κ1) is 18.7. The number of carboxylic acid groups (broad SMARTS) is 1. The minimum Gasteiger partial charge on any atom is -0.481 e. The highest BCUT2D eigenvalue weighted by Gasteiger charge is 2.25. The number of methoxy groups -OCH3 is 2. The minimum atomic E-state index is -0.913. The summed E-state index contributed by atoms with van der Waals surface area (Å²) in [6.07, 6.45) is -0.0675. The third-order valence-electron chi connectivity index (χ3n) is 2.99. The summed E-state index contributed by atoms with van der Waals surface area (Å²) in [5.74, 6) is -0.913. The van der Waals surface area contributed by atoms with Crippen molar-refractivity contribution in [2.24, 2.45) is 0 Å². The molecule has 0 radical (unpaired) electrons. The van der Waals surface area contributed by atoms with Crippen LogP contribution >= 0.6 is 0 Å². The van der Waals surface area contributed by atoms with Crippen LogP contribution in [-0.4, -0.2) is 80.0 Å². The van der Waals surface area contributed by atoms with Crippen LogP contribution in [-0.2, 0) is 14.3 Å². The minimum absolute atomic E-state index is 0.0675. The Balaban J connectivity index is 4.73. The van der Waals surface area contributed by atoms with E-state index in [4.69, 9.17) is 14.6 Å². The molecule has 0 rings (SSSR count). The molecule has 2 amide bonds. The van der Waals surface area contributed by atoms with Gasteiger partial charge in [-0.2, -0.15) is 0 Å². The molecule has 1 atom stereocenters. The molecule has 7 heteroatoms. The second-order valence-electron chi connectivity index (χ2n) is 4.49. The van der Waals surface area contributed by atoms with Crippen molar-refractivity contribution in [1.29, 1.82) is 0 Å². The number of hydrogen-bond donors (Lipinski definition) is 1. The Morgan fingerprint density at radius 3 is 2.00 bits per heavy atom. The molecule has 0 spiro atoms. The summed E-state index contributed by atoms with van der Waals surface area (Å²) in [5.41, 5.74) is 0. The quantitative estimate of drug-likeness (QED) is 0.646. The molecule has 0 aliphatic rings. The number of aliphatic carboxylic acids is 1. The molecule has 0 aliphatic heterocycles. The van der Waals surface area contributed by atoms with E-state index in [9.17, 15) is 9.59 Å². The third-order valence-corrected chi connectivity index (χ3v) is 2.99. The molecule has 1 unspecified atom stereocenters. The molecular formula is C13H26N2O5. The van der Waals surface area contributed by atoms with Crippen LogP contribution in [0.25, 0.3) is 0 Å². The number of rotatable bonds is 10. The summed E-state index contributed by atoms with van der Waals surface area (Å²) in [4.78, 5) is 26.4. The predicted molar refractivity (Wildman–Crippen MR) is 74.8 cm³/mol. The van der Waals surface area contributed by atoms with E-state index in [-0.39, 0.29) is 18.5 Å². The zero-order chi connectivity index (χ0) is 15.5. The van der Waals surface area contributed by atoms with Gasteiger partial charge in [0, 0.05) is 39.9 Å². The van der Waals surface area contributed by atoms with Gasteiger partial charge in [0.05, 0.1) is 19.6 Å². The van der Waals surface area contributed by atoms with E-state index in [0.29, 0.717) is 32.8 Å². The van der Waals surface area contributed by atoms with Crippen molar-refractivity contribution in [2.75, 3.05) is 47.1 Å². The van der Waals surface area contributed by atoms with Gasteiger partial charge in [-0.25, -0.2) is 4.79 Å². The summed E-state index contributed by atoms with van der Waals surface area (Å²) in [5, 5.41) is 8.84. The topological polar surface area (TPSA) is 79.3 Å². The molecule has 0 fully saturated rings. The SMILES string of the molecule is CCN(C(=O)N(CCOC)CCOC)C(C)CC(=O)O. The lowest BCUT2D eigenvalue weighted by Gasteiger charge is -2.33. The van der Waals surface area contributed by atoms with Crippen molar-refractivity contribution in [1.82, 2.24) is 9.80 Å². The lowest BCUT2D eigenvalue weighted by atomic mass is 10.2. The van der Waals surface area contributed by atoms with Crippen LogP contribution in [0, 0.1) is 0 Å². The van der Waals surface area contributed by atoms with Crippen LogP contribution in [0.1, 0.15) is 20.3 Å². The number of carboxylic acids is 1. The lowest BCUT2D eigenvalue weighted by molar-refractivity contribution is -0.138. The molecule has 1 N–H and O–H groups in total. The van der Waals surface area contributed by atoms with Gasteiger partial charge in [-0.05, 0) is 13.8 Å². The zero-order valence-corrected chi connectivity index (χ0v) is 12.8. The number of ether oxygens (including phenoxy) is 2. The number of carbonyl (C=O) groups excluding carboxylic acids is 1. The first-order valence-electron chi connectivity index (χ1n) is 6.73. The maximum atomic E-state index is 12.5. The molecule has 0 aliphatic carbocycles. The van der Waals surface area contributed by atoms with Gasteiger partial charge >= 0.3 is 12.0 Å². The summed E-state index contributed by atoms with van der Waals surface area (Å²) in [6.45, 7) is 5.80. The number of amides is 2. The van der Waals surface area contributed by atoms with Crippen molar-refractivity contribution >= 4 is 12.0 Å². The van der Waals surface area contributed by atoms with Crippen molar-refractivity contribution in [3.8, 4) is 0 Å². The van der Waals surface area contributed by atoms with Crippen LogP contribution < -0.4 is 0 Å². The largest absolute Gasteiger partial charge is 0.481 e. The summed E-state index contributed by atoms with van der Waals surface area (Å²) in [7, 11) is 3.15. The van der Waals surface area contributed by atoms with E-state index in [0.717, 1.165) is 0 Å². The summed E-state index contributed by atoms with van der Waals surface area (Å²) >= 11 is 0. The van der Waals surface area contributed by atoms with Crippen LogP contribution in [0.4, 0.5) is 4.79 Å². The van der Waals surface area contributed by atoms with Crippen LogP contribution in [0.2, 0.25) is 0 Å². The van der Waals surface area contributed by atoms with E-state index < -0.39 is 5.97 Å². The molecule has 0 aromatic carbocycles. The van der Waals surface area contributed by atoms with Gasteiger partial charge in [0.1, 0.15) is 0 Å². The Kier molecular flexibility index (Phi) is 9.75. The molecule has 0 aromatic heterocycles. The van der Waals surface area contributed by atoms with Crippen LogP contribution in [0.5, 0.6) is 0 Å². The summed E-state index contributed by atoms with van der Waals surface area (Å²) < 4.78 is 9.99. The molecule has 0 saturated carbocycles. The average molecular weight is 290 g/mol. The Morgan fingerprint density at radius 2 is 1.65 bits per heavy atom. The fourth-order valence-corrected chi connectivity index (χ4v) is 1.89. The van der Waals surface area contributed by atoms with E-state index in [1.54, 1.807) is 30.9 Å². The van der Waals surface area contributed by atoms with Crippen molar-refractivity contribution in [3.63, 3.8) is 0 Å². The smallest absolute Gasteiger partial charge is 0.320 e. The first-order chi connectivity index (χ1) is 9.47. The summed E-state index contributed by atoms with van der Waals surface area (Å²) in [6, 6.07) is -0.534. The molecule has 118 valence electrons. The van der Waals surface area contributed by atoms with E-state index in [2.05, 4.69) is 0 Å². The second-order valence-corrected chi connectivity index (χ2v) is 4.49. The third kappa shape index (κ3) is 6.72. The predicted octanol–water partition coefficient (Wildman–Crippen LogP) is 0.886. The van der Waals surface area contributed by atoms with Gasteiger partial charge in [-0.15, -0.1) is 0 Å². The zero-order valence-electron chi connectivity index (χ0n) is 12.8. The van der Waals surface area contributed by atoms with Crippen molar-refractivity contribution in [2.45, 2.75) is 26.3 Å². The highest BCUT2D eigenvalue weighted by molar-refractivity contribution is 5.76. The molecule has 0 bridgehead atoms. The number of urea groups is 1. The molecule has 20 heavy (non-hydrogen) atoms. The number of nitrogens with zero attached hydrogens (tertiary/aromatic N) is 2. The first-order valence-corrected chi connectivity index (χ1v) is 6.73. The van der Waals surface area contributed by atoms with Gasteiger partial charge in [0.2, 0.25) is 0 Å². The Hall–Kier alpha value is -1.34. The normalized spacial score (nSPS) is 12.0. The molecule has 0 aromatic rings.